The molecule has 2 nitrogen and oxygen atoms in total. The molecule has 1 atom stereocenters. The number of nitrogens with zero attached hydrogens (tertiary/aromatic N) is 2. The zero-order valence-corrected chi connectivity index (χ0v) is 7.56. The first-order valence-corrected chi connectivity index (χ1v) is 3.87. The molecule has 1 rings (SSSR count). The van der Waals surface area contributed by atoms with E-state index in [0.717, 1.165) is 0 Å². The third kappa shape index (κ3) is 1.77. The molecule has 0 spiro atoms. The van der Waals surface area contributed by atoms with Crippen molar-refractivity contribution in [2.45, 2.75) is 32.6 Å². The molecule has 0 saturated carbocycles. The molecule has 3 heteroatoms. The third-order valence-corrected chi connectivity index (χ3v) is 2.07. The van der Waals surface area contributed by atoms with Crippen LogP contribution in [0, 0.1) is 0 Å². The molecule has 0 aromatic heterocycles. The molecule has 0 fully saturated rings. The summed E-state index contributed by atoms with van der Waals surface area (Å²) in [6.45, 7) is 5.73. The number of halogens is 1. The predicted octanol–water partition coefficient (Wildman–Crippen LogP) is 1.47. The van der Waals surface area contributed by atoms with Gasteiger partial charge in [-0.15, -0.1) is 0 Å². The Morgan fingerprint density at radius 1 is 1.64 bits per heavy atom. The lowest BCUT2D eigenvalue weighted by Gasteiger charge is -2.15. The van der Waals surface area contributed by atoms with E-state index >= 15 is 0 Å². The lowest BCUT2D eigenvalue weighted by Crippen LogP contribution is -2.32. The van der Waals surface area contributed by atoms with Gasteiger partial charge in [-0.1, -0.05) is 0 Å². The lowest BCUT2D eigenvalue weighted by molar-refractivity contribution is 0.299. The molecule has 1 aliphatic heterocycles. The Labute approximate surface area is 67.1 Å². The molecular formula is C8H15FN2. The number of hydrogen-bond acceptors (Lipinski definition) is 2. The van der Waals surface area contributed by atoms with Gasteiger partial charge in [0.25, 0.3) is 0 Å². The summed E-state index contributed by atoms with van der Waals surface area (Å²) in [4.78, 5) is 6.23. The largest absolute Gasteiger partial charge is 0.280 e. The third-order valence-electron chi connectivity index (χ3n) is 2.07. The van der Waals surface area contributed by atoms with Crippen LogP contribution in [0.3, 0.4) is 0 Å². The van der Waals surface area contributed by atoms with E-state index in [2.05, 4.69) is 4.99 Å². The Morgan fingerprint density at radius 3 is 2.36 bits per heavy atom. The molecule has 0 aliphatic carbocycles. The van der Waals surface area contributed by atoms with Crippen molar-refractivity contribution in [3.05, 3.63) is 0 Å². The van der Waals surface area contributed by atoms with Crippen molar-refractivity contribution in [1.29, 1.82) is 0 Å². The van der Waals surface area contributed by atoms with Gasteiger partial charge < -0.3 is 0 Å². The van der Waals surface area contributed by atoms with Crippen molar-refractivity contribution < 1.29 is 4.39 Å². The van der Waals surface area contributed by atoms with E-state index < -0.39 is 5.67 Å². The van der Waals surface area contributed by atoms with Gasteiger partial charge >= 0.3 is 0 Å². The SMILES string of the molecule is CC1N=C(C(C)(C)F)CN1C. The predicted molar refractivity (Wildman–Crippen MR) is 44.7 cm³/mol. The van der Waals surface area contributed by atoms with E-state index in [-0.39, 0.29) is 6.17 Å². The maximum Gasteiger partial charge on any atom is 0.144 e. The molecule has 0 radical (unpaired) electrons. The standard InChI is InChI=1S/C8H15FN2/c1-6-10-7(5-11(6)4)8(2,3)9/h6H,5H2,1-4H3. The molecule has 0 aromatic carbocycles. The van der Waals surface area contributed by atoms with Crippen LogP contribution in [0.1, 0.15) is 20.8 Å². The van der Waals surface area contributed by atoms with E-state index in [0.29, 0.717) is 12.3 Å². The maximum atomic E-state index is 13.3. The van der Waals surface area contributed by atoms with Gasteiger partial charge in [0.1, 0.15) is 5.67 Å². The van der Waals surface area contributed by atoms with Crippen LogP contribution in [0.2, 0.25) is 0 Å². The second-order valence-electron chi connectivity index (χ2n) is 3.60. The van der Waals surface area contributed by atoms with E-state index in [1.165, 1.54) is 0 Å². The first-order chi connectivity index (χ1) is 4.91. The average molecular weight is 158 g/mol. The minimum atomic E-state index is -1.25. The van der Waals surface area contributed by atoms with Gasteiger partial charge in [0.15, 0.2) is 0 Å². The highest BCUT2D eigenvalue weighted by Crippen LogP contribution is 2.18. The summed E-state index contributed by atoms with van der Waals surface area (Å²) in [6, 6.07) is 0. The fourth-order valence-electron chi connectivity index (χ4n) is 1.07. The van der Waals surface area contributed by atoms with Crippen molar-refractivity contribution >= 4 is 5.71 Å². The molecular weight excluding hydrogens is 143 g/mol. The number of hydrogen-bond donors (Lipinski definition) is 0. The lowest BCUT2D eigenvalue weighted by atomic mass is 10.1. The van der Waals surface area contributed by atoms with Crippen molar-refractivity contribution in [3.8, 4) is 0 Å². The zero-order chi connectivity index (χ0) is 8.65. The molecule has 0 amide bonds. The molecule has 0 aromatic rings. The van der Waals surface area contributed by atoms with Crippen LogP contribution in [0.4, 0.5) is 4.39 Å². The molecule has 0 N–H and O–H groups in total. The Balaban J connectivity index is 2.71. The second-order valence-corrected chi connectivity index (χ2v) is 3.60. The number of alkyl halides is 1. The minimum Gasteiger partial charge on any atom is -0.280 e. The van der Waals surface area contributed by atoms with Crippen LogP contribution in [0.15, 0.2) is 4.99 Å². The van der Waals surface area contributed by atoms with E-state index in [1.807, 2.05) is 18.9 Å². The smallest absolute Gasteiger partial charge is 0.144 e. The highest BCUT2D eigenvalue weighted by molar-refractivity contribution is 5.94. The highest BCUT2D eigenvalue weighted by atomic mass is 19.1. The van der Waals surface area contributed by atoms with Gasteiger partial charge in [0.2, 0.25) is 0 Å². The summed E-state index contributed by atoms with van der Waals surface area (Å²) in [7, 11) is 1.95. The Hall–Kier alpha value is -0.440. The molecule has 1 heterocycles. The van der Waals surface area contributed by atoms with Crippen LogP contribution in [-0.4, -0.2) is 36.0 Å². The molecule has 1 unspecified atom stereocenters. The van der Waals surface area contributed by atoms with E-state index in [1.54, 1.807) is 13.8 Å². The molecule has 0 bridgehead atoms. The van der Waals surface area contributed by atoms with Crippen molar-refractivity contribution in [1.82, 2.24) is 4.90 Å². The second kappa shape index (κ2) is 2.55. The van der Waals surface area contributed by atoms with Crippen molar-refractivity contribution in [2.75, 3.05) is 13.6 Å². The van der Waals surface area contributed by atoms with Gasteiger partial charge in [-0.3, -0.25) is 9.89 Å². The van der Waals surface area contributed by atoms with Gasteiger partial charge in [-0.25, -0.2) is 4.39 Å². The normalized spacial score (nSPS) is 27.4. The van der Waals surface area contributed by atoms with Crippen molar-refractivity contribution in [2.24, 2.45) is 4.99 Å². The summed E-state index contributed by atoms with van der Waals surface area (Å²) in [5.41, 5.74) is -0.591. The van der Waals surface area contributed by atoms with Gasteiger partial charge in [-0.2, -0.15) is 0 Å². The summed E-state index contributed by atoms with van der Waals surface area (Å²) < 4.78 is 13.3. The molecule has 0 saturated heterocycles. The zero-order valence-electron chi connectivity index (χ0n) is 7.56. The topological polar surface area (TPSA) is 15.6 Å². The fourth-order valence-corrected chi connectivity index (χ4v) is 1.07. The van der Waals surface area contributed by atoms with Crippen molar-refractivity contribution in [3.63, 3.8) is 0 Å². The van der Waals surface area contributed by atoms with Gasteiger partial charge in [0.05, 0.1) is 11.9 Å². The first-order valence-electron chi connectivity index (χ1n) is 3.87. The summed E-state index contributed by atoms with van der Waals surface area (Å²) in [5, 5.41) is 0. The molecule has 11 heavy (non-hydrogen) atoms. The molecule has 64 valence electrons. The summed E-state index contributed by atoms with van der Waals surface area (Å²) >= 11 is 0. The monoisotopic (exact) mass is 158 g/mol. The summed E-state index contributed by atoms with van der Waals surface area (Å²) in [6.07, 6.45) is 0.139. The Bertz CT molecular complexity index is 181. The van der Waals surface area contributed by atoms with Crippen LogP contribution in [-0.2, 0) is 0 Å². The summed E-state index contributed by atoms with van der Waals surface area (Å²) in [5.74, 6) is 0. The fraction of sp³-hybridized carbons (Fsp3) is 0.875. The van der Waals surface area contributed by atoms with E-state index in [9.17, 15) is 4.39 Å². The first kappa shape index (κ1) is 8.65. The average Bonchev–Trinajstić information content (AvgIpc) is 2.11. The van der Waals surface area contributed by atoms with Crippen LogP contribution in [0.25, 0.3) is 0 Å². The van der Waals surface area contributed by atoms with Gasteiger partial charge in [-0.05, 0) is 27.8 Å². The highest BCUT2D eigenvalue weighted by Gasteiger charge is 2.30. The van der Waals surface area contributed by atoms with Crippen LogP contribution in [0.5, 0.6) is 0 Å². The maximum absolute atomic E-state index is 13.3. The quantitative estimate of drug-likeness (QED) is 0.564. The minimum absolute atomic E-state index is 0.139. The number of aliphatic imine (C=N–C) groups is 1. The Kier molecular flexibility index (Phi) is 2.01. The number of rotatable bonds is 1. The Morgan fingerprint density at radius 2 is 2.18 bits per heavy atom. The molecule has 1 aliphatic rings. The van der Waals surface area contributed by atoms with Crippen LogP contribution >= 0.6 is 0 Å². The van der Waals surface area contributed by atoms with Crippen LogP contribution < -0.4 is 0 Å². The van der Waals surface area contributed by atoms with E-state index in [4.69, 9.17) is 0 Å². The van der Waals surface area contributed by atoms with Gasteiger partial charge in [0, 0.05) is 6.54 Å².